The van der Waals surface area contributed by atoms with Crippen LogP contribution in [0, 0.1) is 0 Å². The van der Waals surface area contributed by atoms with Gasteiger partial charge in [0.1, 0.15) is 0 Å². The molecule has 0 aliphatic heterocycles. The Morgan fingerprint density at radius 3 is 2.58 bits per heavy atom. The number of alkyl halides is 1. The Labute approximate surface area is 119 Å². The molecular formula is C14H20ClNO3. The lowest BCUT2D eigenvalue weighted by Crippen LogP contribution is -2.32. The fourth-order valence-corrected chi connectivity index (χ4v) is 2.00. The highest BCUT2D eigenvalue weighted by molar-refractivity contribution is 6.17. The second-order valence-electron chi connectivity index (χ2n) is 3.97. The highest BCUT2D eigenvalue weighted by Crippen LogP contribution is 2.31. The average molecular weight is 286 g/mol. The minimum Gasteiger partial charge on any atom is -0.493 e. The second kappa shape index (κ2) is 7.89. The van der Waals surface area contributed by atoms with Crippen molar-refractivity contribution in [1.29, 1.82) is 0 Å². The molecule has 0 saturated carbocycles. The molecule has 19 heavy (non-hydrogen) atoms. The molecule has 1 amide bonds. The maximum Gasteiger partial charge on any atom is 0.257 e. The Kier molecular flexibility index (Phi) is 6.50. The van der Waals surface area contributed by atoms with E-state index >= 15 is 0 Å². The van der Waals surface area contributed by atoms with Crippen molar-refractivity contribution in [3.05, 3.63) is 23.8 Å². The molecule has 0 fully saturated rings. The normalized spacial score (nSPS) is 10.1. The van der Waals surface area contributed by atoms with Crippen molar-refractivity contribution in [2.45, 2.75) is 13.3 Å². The van der Waals surface area contributed by atoms with Crippen LogP contribution in [0.4, 0.5) is 0 Å². The summed E-state index contributed by atoms with van der Waals surface area (Å²) >= 11 is 5.68. The number of hydrogen-bond donors (Lipinski definition) is 0. The van der Waals surface area contributed by atoms with E-state index in [9.17, 15) is 4.79 Å². The number of ether oxygens (including phenoxy) is 2. The van der Waals surface area contributed by atoms with E-state index in [0.717, 1.165) is 6.42 Å². The lowest BCUT2D eigenvalue weighted by atomic mass is 10.1. The third-order valence-corrected chi connectivity index (χ3v) is 3.13. The van der Waals surface area contributed by atoms with Crippen molar-refractivity contribution in [2.24, 2.45) is 0 Å². The number of carbonyl (C=O) groups excluding carboxylic acids is 1. The third kappa shape index (κ3) is 3.77. The van der Waals surface area contributed by atoms with E-state index in [1.807, 2.05) is 6.92 Å². The highest BCUT2D eigenvalue weighted by Gasteiger charge is 2.20. The molecule has 0 bridgehead atoms. The highest BCUT2D eigenvalue weighted by atomic mass is 35.5. The molecule has 0 radical (unpaired) electrons. The van der Waals surface area contributed by atoms with Gasteiger partial charge >= 0.3 is 0 Å². The molecule has 0 aromatic heterocycles. The number of hydrogen-bond acceptors (Lipinski definition) is 3. The second-order valence-corrected chi connectivity index (χ2v) is 4.35. The van der Waals surface area contributed by atoms with Crippen molar-refractivity contribution in [3.63, 3.8) is 0 Å². The summed E-state index contributed by atoms with van der Waals surface area (Å²) in [6.45, 7) is 3.22. The van der Waals surface area contributed by atoms with Crippen molar-refractivity contribution < 1.29 is 14.3 Å². The van der Waals surface area contributed by atoms with Gasteiger partial charge in [0.15, 0.2) is 11.5 Å². The minimum atomic E-state index is -0.0663. The molecule has 4 nitrogen and oxygen atoms in total. The van der Waals surface area contributed by atoms with Gasteiger partial charge in [-0.05, 0) is 25.5 Å². The van der Waals surface area contributed by atoms with Crippen LogP contribution < -0.4 is 9.47 Å². The number of amides is 1. The zero-order valence-electron chi connectivity index (χ0n) is 11.6. The molecule has 1 aromatic rings. The molecule has 5 heteroatoms. The molecule has 0 aliphatic carbocycles. The number of methoxy groups -OCH3 is 2. The van der Waals surface area contributed by atoms with Gasteiger partial charge in [0, 0.05) is 19.0 Å². The smallest absolute Gasteiger partial charge is 0.257 e. The molecule has 0 atom stereocenters. The fourth-order valence-electron chi connectivity index (χ4n) is 1.88. The van der Waals surface area contributed by atoms with Gasteiger partial charge in [0.05, 0.1) is 19.8 Å². The zero-order valence-corrected chi connectivity index (χ0v) is 12.4. The van der Waals surface area contributed by atoms with Crippen molar-refractivity contribution >= 4 is 17.5 Å². The van der Waals surface area contributed by atoms with Gasteiger partial charge in [0.2, 0.25) is 0 Å². The Morgan fingerprint density at radius 1 is 1.32 bits per heavy atom. The van der Waals surface area contributed by atoms with Crippen LogP contribution in [0.1, 0.15) is 23.7 Å². The van der Waals surface area contributed by atoms with Gasteiger partial charge in [0.25, 0.3) is 5.91 Å². The van der Waals surface area contributed by atoms with E-state index < -0.39 is 0 Å². The molecule has 0 spiro atoms. The van der Waals surface area contributed by atoms with Gasteiger partial charge in [-0.3, -0.25) is 4.79 Å². The lowest BCUT2D eigenvalue weighted by molar-refractivity contribution is 0.0761. The molecular weight excluding hydrogens is 266 g/mol. The van der Waals surface area contributed by atoms with E-state index in [1.54, 1.807) is 30.2 Å². The van der Waals surface area contributed by atoms with E-state index in [0.29, 0.717) is 36.0 Å². The summed E-state index contributed by atoms with van der Waals surface area (Å²) in [6, 6.07) is 5.29. The molecule has 0 heterocycles. The number of halogens is 1. The van der Waals surface area contributed by atoms with Crippen LogP contribution in [-0.4, -0.2) is 44.0 Å². The fraction of sp³-hybridized carbons (Fsp3) is 0.500. The van der Waals surface area contributed by atoms with E-state index in [2.05, 4.69) is 0 Å². The monoisotopic (exact) mass is 285 g/mol. The molecule has 1 aromatic carbocycles. The minimum absolute atomic E-state index is 0.0663. The van der Waals surface area contributed by atoms with Crippen LogP contribution in [0.15, 0.2) is 18.2 Å². The summed E-state index contributed by atoms with van der Waals surface area (Å²) < 4.78 is 10.5. The number of para-hydroxylation sites is 1. The number of benzene rings is 1. The molecule has 106 valence electrons. The van der Waals surface area contributed by atoms with Crippen molar-refractivity contribution in [2.75, 3.05) is 33.2 Å². The van der Waals surface area contributed by atoms with E-state index in [1.165, 1.54) is 7.11 Å². The largest absolute Gasteiger partial charge is 0.493 e. The van der Waals surface area contributed by atoms with Gasteiger partial charge in [-0.15, -0.1) is 11.6 Å². The molecule has 0 aliphatic rings. The summed E-state index contributed by atoms with van der Waals surface area (Å²) in [7, 11) is 3.08. The summed E-state index contributed by atoms with van der Waals surface area (Å²) in [6.07, 6.45) is 0.771. The molecule has 0 unspecified atom stereocenters. The molecule has 0 saturated heterocycles. The van der Waals surface area contributed by atoms with Crippen molar-refractivity contribution in [1.82, 2.24) is 4.90 Å². The number of nitrogens with zero attached hydrogens (tertiary/aromatic N) is 1. The average Bonchev–Trinajstić information content (AvgIpc) is 2.46. The Bertz CT molecular complexity index is 423. The van der Waals surface area contributed by atoms with E-state index in [-0.39, 0.29) is 5.91 Å². The van der Waals surface area contributed by atoms with Crippen LogP contribution >= 0.6 is 11.6 Å². The Hall–Kier alpha value is -1.42. The summed E-state index contributed by atoms with van der Waals surface area (Å²) in [4.78, 5) is 14.2. The van der Waals surface area contributed by atoms with Crippen LogP contribution in [-0.2, 0) is 0 Å². The first-order chi connectivity index (χ1) is 9.19. The lowest BCUT2D eigenvalue weighted by Gasteiger charge is -2.22. The zero-order chi connectivity index (χ0) is 14.3. The van der Waals surface area contributed by atoms with Crippen LogP contribution in [0.5, 0.6) is 11.5 Å². The van der Waals surface area contributed by atoms with Crippen molar-refractivity contribution in [3.8, 4) is 11.5 Å². The Balaban J connectivity index is 3.03. The SMILES string of the molecule is CCN(CCCCl)C(=O)c1cccc(OC)c1OC. The molecule has 0 N–H and O–H groups in total. The number of carbonyl (C=O) groups is 1. The van der Waals surface area contributed by atoms with Gasteiger partial charge < -0.3 is 14.4 Å². The van der Waals surface area contributed by atoms with Crippen LogP contribution in [0.25, 0.3) is 0 Å². The van der Waals surface area contributed by atoms with Crippen LogP contribution in [0.2, 0.25) is 0 Å². The standard InChI is InChI=1S/C14H20ClNO3/c1-4-16(10-6-9-15)14(17)11-7-5-8-12(18-2)13(11)19-3/h5,7-8H,4,6,9-10H2,1-3H3. The first-order valence-corrected chi connectivity index (χ1v) is 6.79. The molecule has 1 rings (SSSR count). The Morgan fingerprint density at radius 2 is 2.05 bits per heavy atom. The van der Waals surface area contributed by atoms with Crippen LogP contribution in [0.3, 0.4) is 0 Å². The number of rotatable bonds is 7. The van der Waals surface area contributed by atoms with Gasteiger partial charge in [-0.1, -0.05) is 6.07 Å². The van der Waals surface area contributed by atoms with Gasteiger partial charge in [-0.25, -0.2) is 0 Å². The topological polar surface area (TPSA) is 38.8 Å². The third-order valence-electron chi connectivity index (χ3n) is 2.86. The predicted molar refractivity (Wildman–Crippen MR) is 76.5 cm³/mol. The summed E-state index contributed by atoms with van der Waals surface area (Å²) in [5, 5.41) is 0. The quantitative estimate of drug-likeness (QED) is 0.723. The van der Waals surface area contributed by atoms with Gasteiger partial charge in [-0.2, -0.15) is 0 Å². The first-order valence-electron chi connectivity index (χ1n) is 6.25. The summed E-state index contributed by atoms with van der Waals surface area (Å²) in [5.41, 5.74) is 0.512. The first kappa shape index (κ1) is 15.6. The maximum atomic E-state index is 12.5. The van der Waals surface area contributed by atoms with E-state index in [4.69, 9.17) is 21.1 Å². The maximum absolute atomic E-state index is 12.5. The predicted octanol–water partition coefficient (Wildman–Crippen LogP) is 2.79. The summed E-state index contributed by atoms with van der Waals surface area (Å²) in [5.74, 6) is 1.50.